The van der Waals surface area contributed by atoms with Crippen molar-refractivity contribution < 1.29 is 17.6 Å². The van der Waals surface area contributed by atoms with Crippen LogP contribution in [0.4, 0.5) is 13.2 Å². The Hall–Kier alpha value is -2.18. The number of aliphatic imine (C=N–C) groups is 1. The van der Waals surface area contributed by atoms with E-state index in [1.165, 1.54) is 18.5 Å². The molecule has 0 saturated heterocycles. The maximum Gasteiger partial charge on any atom is 0.433 e. The summed E-state index contributed by atoms with van der Waals surface area (Å²) in [7, 11) is 0. The van der Waals surface area contributed by atoms with E-state index >= 15 is 0 Å². The van der Waals surface area contributed by atoms with Gasteiger partial charge in [0.25, 0.3) is 0 Å². The van der Waals surface area contributed by atoms with E-state index in [0.29, 0.717) is 5.69 Å². The summed E-state index contributed by atoms with van der Waals surface area (Å²) in [5.41, 5.74) is -0.510. The van der Waals surface area contributed by atoms with Crippen LogP contribution in [0.2, 0.25) is 0 Å². The molecule has 0 N–H and O–H groups in total. The monoisotopic (exact) mass is 267 g/mol. The number of fused-ring (bicyclic) bond motifs is 1. The molecule has 0 unspecified atom stereocenters. The van der Waals surface area contributed by atoms with Crippen molar-refractivity contribution >= 4 is 6.21 Å². The van der Waals surface area contributed by atoms with Gasteiger partial charge in [-0.2, -0.15) is 13.2 Å². The molecule has 0 spiro atoms. The highest BCUT2D eigenvalue weighted by Gasteiger charge is 2.37. The molecule has 19 heavy (non-hydrogen) atoms. The first kappa shape index (κ1) is 11.9. The number of halogens is 3. The molecule has 0 fully saturated rings. The van der Waals surface area contributed by atoms with Crippen molar-refractivity contribution in [2.24, 2.45) is 4.99 Å². The zero-order valence-corrected chi connectivity index (χ0v) is 9.61. The minimum atomic E-state index is -4.51. The lowest BCUT2D eigenvalue weighted by molar-refractivity contribution is -0.141. The van der Waals surface area contributed by atoms with E-state index in [4.69, 9.17) is 4.42 Å². The fourth-order valence-corrected chi connectivity index (χ4v) is 1.93. The third-order valence-corrected chi connectivity index (χ3v) is 2.77. The Kier molecular flexibility index (Phi) is 2.62. The summed E-state index contributed by atoms with van der Waals surface area (Å²) in [6.45, 7) is 0.134. The lowest BCUT2D eigenvalue weighted by Gasteiger charge is -2.16. The molecule has 1 aliphatic rings. The van der Waals surface area contributed by atoms with Crippen LogP contribution in [0.3, 0.4) is 0 Å². The Balaban J connectivity index is 2.20. The Bertz CT molecular complexity index is 632. The fraction of sp³-hybridized carbons (Fsp3) is 0.250. The van der Waals surface area contributed by atoms with Crippen LogP contribution in [0.25, 0.3) is 11.6 Å². The summed E-state index contributed by atoms with van der Waals surface area (Å²) in [6, 6.07) is 3.09. The van der Waals surface area contributed by atoms with Crippen molar-refractivity contribution in [3.05, 3.63) is 35.3 Å². The highest BCUT2D eigenvalue weighted by atomic mass is 19.4. The van der Waals surface area contributed by atoms with Crippen molar-refractivity contribution in [3.8, 4) is 11.6 Å². The molecule has 0 radical (unpaired) electrons. The van der Waals surface area contributed by atoms with Gasteiger partial charge in [-0.3, -0.25) is 4.99 Å². The van der Waals surface area contributed by atoms with Gasteiger partial charge in [0.15, 0.2) is 17.3 Å². The van der Waals surface area contributed by atoms with Crippen LogP contribution in [0.1, 0.15) is 17.0 Å². The summed E-state index contributed by atoms with van der Waals surface area (Å²) in [5, 5.41) is 0. The van der Waals surface area contributed by atoms with Crippen LogP contribution in [0.15, 0.2) is 27.8 Å². The van der Waals surface area contributed by atoms with Gasteiger partial charge >= 0.3 is 6.18 Å². The molecule has 0 bridgehead atoms. The predicted molar refractivity (Wildman–Crippen MR) is 60.6 cm³/mol. The van der Waals surface area contributed by atoms with E-state index in [1.54, 1.807) is 6.07 Å². The van der Waals surface area contributed by atoms with Crippen LogP contribution < -0.4 is 0 Å². The fourth-order valence-electron chi connectivity index (χ4n) is 1.93. The molecule has 7 heteroatoms. The zero-order chi connectivity index (χ0) is 13.5. The summed E-state index contributed by atoms with van der Waals surface area (Å²) in [5.74, 6) is 0.149. The first-order valence-electron chi connectivity index (χ1n) is 5.55. The highest BCUT2D eigenvalue weighted by molar-refractivity contribution is 5.65. The van der Waals surface area contributed by atoms with Crippen molar-refractivity contribution in [3.63, 3.8) is 0 Å². The minimum absolute atomic E-state index is 0.0619. The first-order valence-corrected chi connectivity index (χ1v) is 5.55. The normalized spacial score (nSPS) is 14.5. The molecule has 0 amide bonds. The molecule has 4 nitrogen and oxygen atoms in total. The van der Waals surface area contributed by atoms with E-state index < -0.39 is 11.9 Å². The van der Waals surface area contributed by atoms with Crippen LogP contribution >= 0.6 is 0 Å². The van der Waals surface area contributed by atoms with Crippen molar-refractivity contribution in [1.29, 1.82) is 0 Å². The van der Waals surface area contributed by atoms with Gasteiger partial charge < -0.3 is 4.42 Å². The quantitative estimate of drug-likeness (QED) is 0.798. The molecular formula is C12H8F3N3O. The number of alkyl halides is 3. The Labute approximate surface area is 106 Å². The van der Waals surface area contributed by atoms with Gasteiger partial charge in [-0.15, -0.1) is 0 Å². The second-order valence-electron chi connectivity index (χ2n) is 4.02. The molecule has 2 aromatic heterocycles. The van der Waals surface area contributed by atoms with E-state index in [9.17, 15) is 13.2 Å². The molecular weight excluding hydrogens is 259 g/mol. The Morgan fingerprint density at radius 3 is 2.74 bits per heavy atom. The maximum absolute atomic E-state index is 13.0. The van der Waals surface area contributed by atoms with Gasteiger partial charge in [-0.05, 0) is 12.1 Å². The standard InChI is InChI=1S/C12H8F3N3O/c13-12(14,15)10-7-3-4-16-6-8(7)17-11(18-10)9-2-1-5-19-9/h1-2,4-5H,3,6H2. The molecule has 3 heterocycles. The summed E-state index contributed by atoms with van der Waals surface area (Å²) in [6.07, 6.45) is -1.60. The first-order chi connectivity index (χ1) is 9.05. The molecule has 98 valence electrons. The number of rotatable bonds is 1. The van der Waals surface area contributed by atoms with Crippen molar-refractivity contribution in [2.75, 3.05) is 0 Å². The van der Waals surface area contributed by atoms with Gasteiger partial charge in [0.2, 0.25) is 0 Å². The highest BCUT2D eigenvalue weighted by Crippen LogP contribution is 2.34. The van der Waals surface area contributed by atoms with Gasteiger partial charge in [-0.1, -0.05) is 0 Å². The average molecular weight is 267 g/mol. The van der Waals surface area contributed by atoms with Crippen LogP contribution in [0.5, 0.6) is 0 Å². The van der Waals surface area contributed by atoms with Gasteiger partial charge in [0.1, 0.15) is 0 Å². The van der Waals surface area contributed by atoms with Crippen molar-refractivity contribution in [1.82, 2.24) is 9.97 Å². The molecule has 1 aliphatic heterocycles. The number of furan rings is 1. The SMILES string of the molecule is FC(F)(F)c1nc(-c2ccco2)nc2c1CC=NC2. The number of hydrogen-bond acceptors (Lipinski definition) is 4. The molecule has 0 aromatic carbocycles. The molecule has 2 aromatic rings. The van der Waals surface area contributed by atoms with Gasteiger partial charge in [0.05, 0.1) is 18.5 Å². The average Bonchev–Trinajstić information content (AvgIpc) is 2.90. The summed E-state index contributed by atoms with van der Waals surface area (Å²) < 4.78 is 44.1. The molecule has 0 saturated carbocycles. The van der Waals surface area contributed by atoms with Crippen LogP contribution in [0, 0.1) is 0 Å². The number of aromatic nitrogens is 2. The third-order valence-electron chi connectivity index (χ3n) is 2.77. The second-order valence-corrected chi connectivity index (χ2v) is 4.02. The number of nitrogens with zero attached hydrogens (tertiary/aromatic N) is 3. The van der Waals surface area contributed by atoms with E-state index in [-0.39, 0.29) is 30.1 Å². The summed E-state index contributed by atoms with van der Waals surface area (Å²) in [4.78, 5) is 11.7. The van der Waals surface area contributed by atoms with Gasteiger partial charge in [0, 0.05) is 18.2 Å². The Morgan fingerprint density at radius 1 is 1.21 bits per heavy atom. The van der Waals surface area contributed by atoms with Crippen LogP contribution in [-0.4, -0.2) is 16.2 Å². The van der Waals surface area contributed by atoms with E-state index in [2.05, 4.69) is 15.0 Å². The second kappa shape index (κ2) is 4.18. The smallest absolute Gasteiger partial charge is 0.433 e. The lowest BCUT2D eigenvalue weighted by Crippen LogP contribution is -2.18. The minimum Gasteiger partial charge on any atom is -0.461 e. The zero-order valence-electron chi connectivity index (χ0n) is 9.61. The van der Waals surface area contributed by atoms with E-state index in [1.807, 2.05) is 0 Å². The molecule has 0 atom stereocenters. The Morgan fingerprint density at radius 2 is 2.05 bits per heavy atom. The third kappa shape index (κ3) is 2.11. The van der Waals surface area contributed by atoms with Gasteiger partial charge in [-0.25, -0.2) is 9.97 Å². The summed E-state index contributed by atoms with van der Waals surface area (Å²) >= 11 is 0. The maximum atomic E-state index is 13.0. The van der Waals surface area contributed by atoms with E-state index in [0.717, 1.165) is 0 Å². The molecule has 3 rings (SSSR count). The number of hydrogen-bond donors (Lipinski definition) is 0. The topological polar surface area (TPSA) is 51.3 Å². The lowest BCUT2D eigenvalue weighted by atomic mass is 10.1. The largest absolute Gasteiger partial charge is 0.461 e. The van der Waals surface area contributed by atoms with Crippen molar-refractivity contribution in [2.45, 2.75) is 19.1 Å². The predicted octanol–water partition coefficient (Wildman–Crippen LogP) is 2.88. The van der Waals surface area contributed by atoms with Crippen LogP contribution in [-0.2, 0) is 19.1 Å². The molecule has 0 aliphatic carbocycles.